The monoisotopic (exact) mass is 496 g/mol. The molecule has 1 aromatic carbocycles. The number of nitrogens with zero attached hydrogens (tertiary/aromatic N) is 8. The van der Waals surface area contributed by atoms with Crippen molar-refractivity contribution in [2.45, 2.75) is 26.8 Å². The highest BCUT2D eigenvalue weighted by Crippen LogP contribution is 2.55. The maximum atomic E-state index is 9.62. The third kappa shape index (κ3) is 4.21. The lowest BCUT2D eigenvalue weighted by Gasteiger charge is -2.34. The fraction of sp³-hybridized carbons (Fsp3) is 0.409. The fourth-order valence-electron chi connectivity index (χ4n) is 4.18. The van der Waals surface area contributed by atoms with Gasteiger partial charge in [0.2, 0.25) is 5.95 Å². The maximum Gasteiger partial charge on any atom is 0.247 e. The van der Waals surface area contributed by atoms with Crippen LogP contribution in [0.3, 0.4) is 0 Å². The Kier molecular flexibility index (Phi) is 7.04. The molecule has 10 nitrogen and oxygen atoms in total. The zero-order chi connectivity index (χ0) is 24.4. The molecule has 34 heavy (non-hydrogen) atoms. The van der Waals surface area contributed by atoms with E-state index in [1.807, 2.05) is 26.8 Å². The lowest BCUT2D eigenvalue weighted by Crippen LogP contribution is -2.39. The van der Waals surface area contributed by atoms with Gasteiger partial charge in [-0.15, -0.1) is 5.10 Å². The molecule has 5 rings (SSSR count). The second-order valence-electron chi connectivity index (χ2n) is 7.69. The van der Waals surface area contributed by atoms with Crippen LogP contribution >= 0.6 is 19.7 Å². The van der Waals surface area contributed by atoms with Gasteiger partial charge in [-0.3, -0.25) is 4.67 Å². The number of benzene rings is 1. The molecule has 0 aliphatic carbocycles. The maximum absolute atomic E-state index is 9.62. The molecule has 2 aromatic heterocycles. The molecule has 0 saturated carbocycles. The number of anilines is 4. The third-order valence-electron chi connectivity index (χ3n) is 5.70. The second kappa shape index (κ2) is 9.99. The van der Waals surface area contributed by atoms with Crippen LogP contribution in [0.5, 0.6) is 0 Å². The molecule has 3 aromatic rings. The Labute approximate surface area is 205 Å². The summed E-state index contributed by atoms with van der Waals surface area (Å²) in [5.41, 5.74) is 2.66. The van der Waals surface area contributed by atoms with Gasteiger partial charge in [0.05, 0.1) is 40.5 Å². The number of nitriles is 2. The van der Waals surface area contributed by atoms with Gasteiger partial charge < -0.3 is 15.5 Å². The van der Waals surface area contributed by atoms with Gasteiger partial charge in [0.25, 0.3) is 0 Å². The normalized spacial score (nSPS) is 18.9. The molecule has 2 aliphatic heterocycles. The molecule has 12 heteroatoms. The summed E-state index contributed by atoms with van der Waals surface area (Å²) in [6.45, 7) is 7.58. The lowest BCUT2D eigenvalue weighted by atomic mass is 10.1. The summed E-state index contributed by atoms with van der Waals surface area (Å²) in [7, 11) is 1.99. The van der Waals surface area contributed by atoms with Crippen molar-refractivity contribution >= 4 is 48.5 Å². The molecular weight excluding hydrogens is 471 g/mol. The van der Waals surface area contributed by atoms with Crippen LogP contribution in [0.4, 0.5) is 23.1 Å². The molecule has 2 saturated heterocycles. The van der Waals surface area contributed by atoms with Crippen LogP contribution in [0.25, 0.3) is 5.65 Å². The molecule has 4 heterocycles. The van der Waals surface area contributed by atoms with Crippen molar-refractivity contribution in [1.29, 1.82) is 10.5 Å². The first-order valence-corrected chi connectivity index (χ1v) is 13.2. The molecule has 2 N–H and O–H groups in total. The van der Waals surface area contributed by atoms with Crippen molar-refractivity contribution in [3.63, 3.8) is 0 Å². The van der Waals surface area contributed by atoms with Crippen LogP contribution in [-0.2, 0) is 0 Å². The Morgan fingerprint density at radius 1 is 1.26 bits per heavy atom. The molecule has 2 atom stereocenters. The van der Waals surface area contributed by atoms with Crippen LogP contribution in [0.1, 0.15) is 32.0 Å². The number of aromatic nitrogens is 4. The van der Waals surface area contributed by atoms with Crippen molar-refractivity contribution < 1.29 is 0 Å². The summed E-state index contributed by atoms with van der Waals surface area (Å²) in [5.74, 6) is 0.750. The van der Waals surface area contributed by atoms with E-state index >= 15 is 0 Å². The minimum Gasteiger partial charge on any atom is -0.367 e. The standard InChI is InChI=1S/C20H20ClN10P.C2H6/c1-3-24-18-19-25-8-13(7-23)31(19)28-20(27-18)26-15-4-12(6-22)5-16(17(15)21)30-11-32-10-14(30)9-29(32)2;1-2/h4-5,8,14H,3,9-11H2,1-2H3,(H2,24,26,27,28);1-2H3. The van der Waals surface area contributed by atoms with E-state index in [1.165, 1.54) is 10.7 Å². The Hall–Kier alpha value is -3.17. The highest BCUT2D eigenvalue weighted by Gasteiger charge is 2.42. The van der Waals surface area contributed by atoms with E-state index in [0.29, 0.717) is 46.0 Å². The van der Waals surface area contributed by atoms with Crippen LogP contribution in [0.2, 0.25) is 5.02 Å². The third-order valence-corrected chi connectivity index (χ3v) is 8.70. The number of halogens is 1. The van der Waals surface area contributed by atoms with Gasteiger partial charge in [-0.1, -0.05) is 25.4 Å². The van der Waals surface area contributed by atoms with Crippen LogP contribution in [0.15, 0.2) is 18.3 Å². The zero-order valence-corrected chi connectivity index (χ0v) is 21.2. The molecule has 2 aliphatic rings. The van der Waals surface area contributed by atoms with Gasteiger partial charge in [0, 0.05) is 25.3 Å². The minimum atomic E-state index is -0.182. The topological polar surface area (TPSA) is 121 Å². The van der Waals surface area contributed by atoms with Crippen LogP contribution in [-0.4, -0.2) is 62.9 Å². The van der Waals surface area contributed by atoms with Gasteiger partial charge in [-0.05, 0) is 34.2 Å². The quantitative estimate of drug-likeness (QED) is 0.500. The Bertz CT molecular complexity index is 1290. The highest BCUT2D eigenvalue weighted by atomic mass is 35.5. The van der Waals surface area contributed by atoms with E-state index < -0.39 is 0 Å². The van der Waals surface area contributed by atoms with Crippen molar-refractivity contribution in [3.05, 3.63) is 34.6 Å². The number of hydrogen-bond acceptors (Lipinski definition) is 9. The Morgan fingerprint density at radius 2 is 2.06 bits per heavy atom. The first-order chi connectivity index (χ1) is 16.5. The second-order valence-corrected chi connectivity index (χ2v) is 10.4. The predicted molar refractivity (Wildman–Crippen MR) is 136 cm³/mol. The average Bonchev–Trinajstić information content (AvgIpc) is 3.55. The van der Waals surface area contributed by atoms with Gasteiger partial charge >= 0.3 is 0 Å². The van der Waals surface area contributed by atoms with Crippen LogP contribution < -0.4 is 15.5 Å². The van der Waals surface area contributed by atoms with Gasteiger partial charge in [0.1, 0.15) is 6.07 Å². The van der Waals surface area contributed by atoms with E-state index in [2.05, 4.69) is 54.5 Å². The van der Waals surface area contributed by atoms with Crippen molar-refractivity contribution in [3.8, 4) is 12.1 Å². The summed E-state index contributed by atoms with van der Waals surface area (Å²) in [6.07, 6.45) is 3.56. The Morgan fingerprint density at radius 3 is 2.68 bits per heavy atom. The lowest BCUT2D eigenvalue weighted by molar-refractivity contribution is 0.508. The largest absolute Gasteiger partial charge is 0.367 e. The van der Waals surface area contributed by atoms with E-state index in [1.54, 1.807) is 6.07 Å². The smallest absolute Gasteiger partial charge is 0.247 e. The molecule has 0 spiro atoms. The van der Waals surface area contributed by atoms with E-state index in [-0.39, 0.29) is 14.0 Å². The van der Waals surface area contributed by atoms with Gasteiger partial charge in [-0.25, -0.2) is 4.98 Å². The molecule has 0 amide bonds. The van der Waals surface area contributed by atoms with Crippen molar-refractivity contribution in [1.82, 2.24) is 24.3 Å². The SMILES string of the molecule is CC.CCNc1nc(Nc2cc(C#N)cc(N3CP4CC3CN4C)c2Cl)nn2c(C#N)cnc12. The molecule has 0 radical (unpaired) electrons. The summed E-state index contributed by atoms with van der Waals surface area (Å²) >= 11 is 6.84. The predicted octanol–water partition coefficient (Wildman–Crippen LogP) is 4.21. The van der Waals surface area contributed by atoms with E-state index in [9.17, 15) is 10.5 Å². The summed E-state index contributed by atoms with van der Waals surface area (Å²) in [6, 6.07) is 8.26. The molecule has 2 fully saturated rings. The number of nitrogens with one attached hydrogen (secondary N) is 2. The van der Waals surface area contributed by atoms with Crippen molar-refractivity contribution in [2.24, 2.45) is 0 Å². The molecule has 2 unspecified atom stereocenters. The first kappa shape index (κ1) is 24.0. The van der Waals surface area contributed by atoms with E-state index in [0.717, 1.165) is 24.7 Å². The first-order valence-electron chi connectivity index (χ1n) is 11.2. The number of rotatable bonds is 5. The average molecular weight is 497 g/mol. The molecule has 176 valence electrons. The zero-order valence-electron chi connectivity index (χ0n) is 19.5. The molecule has 2 bridgehead atoms. The van der Waals surface area contributed by atoms with E-state index in [4.69, 9.17) is 11.6 Å². The Balaban J connectivity index is 0.00000133. The molecular formula is C22H26ClN10P. The highest BCUT2D eigenvalue weighted by molar-refractivity contribution is 7.56. The van der Waals surface area contributed by atoms with Crippen molar-refractivity contribution in [2.75, 3.05) is 48.1 Å². The number of fused-ring (bicyclic) bond motifs is 3. The van der Waals surface area contributed by atoms with Gasteiger partial charge in [0.15, 0.2) is 17.2 Å². The number of likely N-dealkylation sites (N-methyl/N-ethyl adjacent to an activating group) is 1. The summed E-state index contributed by atoms with van der Waals surface area (Å²) in [5, 5.41) is 30.3. The fourth-order valence-corrected chi connectivity index (χ4v) is 7.01. The summed E-state index contributed by atoms with van der Waals surface area (Å²) in [4.78, 5) is 11.1. The number of hydrogen-bond donors (Lipinski definition) is 2. The minimum absolute atomic E-state index is 0.182. The van der Waals surface area contributed by atoms with Gasteiger partial charge in [-0.2, -0.15) is 20.0 Å². The summed E-state index contributed by atoms with van der Waals surface area (Å²) < 4.78 is 3.87. The van der Waals surface area contributed by atoms with Crippen LogP contribution in [0, 0.1) is 22.7 Å². The number of imidazole rings is 1.